The number of aromatic nitrogens is 4. The molecule has 0 aliphatic carbocycles. The van der Waals surface area contributed by atoms with Crippen LogP contribution in [0.3, 0.4) is 0 Å². The number of aromatic carboxylic acids is 1. The predicted molar refractivity (Wildman–Crippen MR) is 67.1 cm³/mol. The molecule has 0 unspecified atom stereocenters. The minimum Gasteiger partial charge on any atom is -0.477 e. The number of carboxylic acids is 1. The van der Waals surface area contributed by atoms with Crippen molar-refractivity contribution in [1.29, 1.82) is 0 Å². The van der Waals surface area contributed by atoms with E-state index in [1.807, 2.05) is 6.92 Å². The first kappa shape index (κ1) is 13.0. The number of carboxylic acid groups (broad SMARTS) is 1. The van der Waals surface area contributed by atoms with Crippen LogP contribution in [0.15, 0.2) is 29.6 Å². The van der Waals surface area contributed by atoms with Crippen molar-refractivity contribution in [3.8, 4) is 0 Å². The molecule has 1 N–H and O–H groups in total. The third kappa shape index (κ3) is 2.87. The molecule has 19 heavy (non-hydrogen) atoms. The summed E-state index contributed by atoms with van der Waals surface area (Å²) in [7, 11) is 0. The molecule has 0 saturated carbocycles. The summed E-state index contributed by atoms with van der Waals surface area (Å²) < 4.78 is 3.37. The van der Waals surface area contributed by atoms with E-state index in [0.717, 1.165) is 18.8 Å². The van der Waals surface area contributed by atoms with Gasteiger partial charge in [0, 0.05) is 25.0 Å². The van der Waals surface area contributed by atoms with Crippen LogP contribution in [0.5, 0.6) is 0 Å². The SMILES string of the molecule is CCCn1ncnc1Cn1ccc(=O)c(C(=O)O)c1. The van der Waals surface area contributed by atoms with Gasteiger partial charge in [-0.25, -0.2) is 14.5 Å². The summed E-state index contributed by atoms with van der Waals surface area (Å²) in [4.78, 5) is 26.4. The molecule has 0 aliphatic heterocycles. The molecule has 2 aromatic rings. The smallest absolute Gasteiger partial charge is 0.341 e. The second-order valence-electron chi connectivity index (χ2n) is 4.10. The highest BCUT2D eigenvalue weighted by Crippen LogP contribution is 2.01. The van der Waals surface area contributed by atoms with Crippen molar-refractivity contribution in [3.63, 3.8) is 0 Å². The van der Waals surface area contributed by atoms with Crippen LogP contribution in [-0.2, 0) is 13.1 Å². The monoisotopic (exact) mass is 262 g/mol. The molecule has 0 bridgehead atoms. The number of hydrogen-bond acceptors (Lipinski definition) is 4. The zero-order chi connectivity index (χ0) is 13.8. The minimum absolute atomic E-state index is 0.246. The Labute approximate surface area is 109 Å². The van der Waals surface area contributed by atoms with Crippen LogP contribution in [0, 0.1) is 0 Å². The Morgan fingerprint density at radius 2 is 2.26 bits per heavy atom. The van der Waals surface area contributed by atoms with Gasteiger partial charge in [0.1, 0.15) is 17.7 Å². The summed E-state index contributed by atoms with van der Waals surface area (Å²) >= 11 is 0. The van der Waals surface area contributed by atoms with Crippen molar-refractivity contribution >= 4 is 5.97 Å². The Balaban J connectivity index is 2.28. The molecular weight excluding hydrogens is 248 g/mol. The van der Waals surface area contributed by atoms with Gasteiger partial charge in [-0.15, -0.1) is 0 Å². The first-order valence-corrected chi connectivity index (χ1v) is 5.92. The molecule has 0 radical (unpaired) electrons. The third-order valence-electron chi connectivity index (χ3n) is 2.66. The van der Waals surface area contributed by atoms with E-state index >= 15 is 0 Å². The summed E-state index contributed by atoms with van der Waals surface area (Å²) in [6.07, 6.45) is 5.25. The van der Waals surface area contributed by atoms with Gasteiger partial charge in [-0.05, 0) is 6.42 Å². The summed E-state index contributed by atoms with van der Waals surface area (Å²) in [5.74, 6) is -0.504. The number of carbonyl (C=O) groups is 1. The lowest BCUT2D eigenvalue weighted by Gasteiger charge is -2.08. The zero-order valence-corrected chi connectivity index (χ0v) is 10.5. The number of nitrogens with zero attached hydrogens (tertiary/aromatic N) is 4. The van der Waals surface area contributed by atoms with Crippen molar-refractivity contribution in [2.45, 2.75) is 26.4 Å². The van der Waals surface area contributed by atoms with Gasteiger partial charge in [-0.1, -0.05) is 6.92 Å². The fourth-order valence-electron chi connectivity index (χ4n) is 1.76. The van der Waals surface area contributed by atoms with E-state index in [0.29, 0.717) is 6.54 Å². The summed E-state index contributed by atoms with van der Waals surface area (Å²) in [5.41, 5.74) is -0.747. The van der Waals surface area contributed by atoms with Crippen molar-refractivity contribution in [3.05, 3.63) is 46.4 Å². The molecular formula is C12H14N4O3. The van der Waals surface area contributed by atoms with E-state index in [2.05, 4.69) is 10.1 Å². The number of rotatable bonds is 5. The maximum Gasteiger partial charge on any atom is 0.341 e. The first-order valence-electron chi connectivity index (χ1n) is 5.92. The quantitative estimate of drug-likeness (QED) is 0.852. The maximum absolute atomic E-state index is 11.4. The lowest BCUT2D eigenvalue weighted by atomic mass is 10.3. The predicted octanol–water partition coefficient (Wildman–Crippen LogP) is 0.596. The summed E-state index contributed by atoms with van der Waals surface area (Å²) in [5, 5.41) is 13.0. The maximum atomic E-state index is 11.4. The molecule has 0 spiro atoms. The second-order valence-corrected chi connectivity index (χ2v) is 4.10. The van der Waals surface area contributed by atoms with E-state index in [9.17, 15) is 9.59 Å². The summed E-state index contributed by atoms with van der Waals surface area (Å²) in [6.45, 7) is 3.16. The lowest BCUT2D eigenvalue weighted by molar-refractivity contribution is 0.0694. The van der Waals surface area contributed by atoms with Crippen molar-refractivity contribution < 1.29 is 9.90 Å². The van der Waals surface area contributed by atoms with Crippen molar-refractivity contribution in [2.75, 3.05) is 0 Å². The van der Waals surface area contributed by atoms with Crippen LogP contribution in [0.25, 0.3) is 0 Å². The van der Waals surface area contributed by atoms with Gasteiger partial charge in [0.25, 0.3) is 0 Å². The molecule has 7 nitrogen and oxygen atoms in total. The highest BCUT2D eigenvalue weighted by molar-refractivity contribution is 5.86. The number of aryl methyl sites for hydroxylation is 1. The van der Waals surface area contributed by atoms with Crippen LogP contribution in [-0.4, -0.2) is 30.4 Å². The van der Waals surface area contributed by atoms with Gasteiger partial charge in [-0.3, -0.25) is 4.79 Å². The van der Waals surface area contributed by atoms with Gasteiger partial charge in [-0.2, -0.15) is 5.10 Å². The number of hydrogen-bond donors (Lipinski definition) is 1. The van der Waals surface area contributed by atoms with E-state index in [4.69, 9.17) is 5.11 Å². The topological polar surface area (TPSA) is 90.0 Å². The molecule has 0 aliphatic rings. The average molecular weight is 262 g/mol. The van der Waals surface area contributed by atoms with Crippen LogP contribution in [0.2, 0.25) is 0 Å². The molecule has 7 heteroatoms. The lowest BCUT2D eigenvalue weighted by Crippen LogP contribution is -2.18. The average Bonchev–Trinajstić information content (AvgIpc) is 2.79. The Bertz CT molecular complexity index is 644. The standard InChI is InChI=1S/C12H14N4O3/c1-2-4-16-11(13-8-14-16)7-15-5-3-10(17)9(6-15)12(18)19/h3,5-6,8H,2,4,7H2,1H3,(H,18,19). The first-order chi connectivity index (χ1) is 9.11. The highest BCUT2D eigenvalue weighted by Gasteiger charge is 2.10. The molecule has 100 valence electrons. The third-order valence-corrected chi connectivity index (χ3v) is 2.66. The van der Waals surface area contributed by atoms with Crippen LogP contribution in [0.4, 0.5) is 0 Å². The van der Waals surface area contributed by atoms with Crippen LogP contribution >= 0.6 is 0 Å². The Morgan fingerprint density at radius 3 is 2.95 bits per heavy atom. The summed E-state index contributed by atoms with van der Waals surface area (Å²) in [6, 6.07) is 1.24. The Morgan fingerprint density at radius 1 is 1.47 bits per heavy atom. The van der Waals surface area contributed by atoms with Crippen molar-refractivity contribution in [1.82, 2.24) is 19.3 Å². The molecule has 0 saturated heterocycles. The minimum atomic E-state index is -1.23. The van der Waals surface area contributed by atoms with Gasteiger partial charge in [0.2, 0.25) is 0 Å². The molecule has 0 fully saturated rings. The molecule has 0 aromatic carbocycles. The molecule has 0 atom stereocenters. The van der Waals surface area contributed by atoms with E-state index in [1.54, 1.807) is 15.4 Å². The largest absolute Gasteiger partial charge is 0.477 e. The highest BCUT2D eigenvalue weighted by atomic mass is 16.4. The van der Waals surface area contributed by atoms with Crippen LogP contribution < -0.4 is 5.43 Å². The van der Waals surface area contributed by atoms with E-state index in [-0.39, 0.29) is 5.56 Å². The van der Waals surface area contributed by atoms with E-state index in [1.165, 1.54) is 18.6 Å². The fraction of sp³-hybridized carbons (Fsp3) is 0.333. The Kier molecular flexibility index (Phi) is 3.74. The molecule has 2 heterocycles. The molecule has 2 rings (SSSR count). The van der Waals surface area contributed by atoms with Crippen molar-refractivity contribution in [2.24, 2.45) is 0 Å². The van der Waals surface area contributed by atoms with Gasteiger partial charge >= 0.3 is 5.97 Å². The normalized spacial score (nSPS) is 10.6. The second kappa shape index (κ2) is 5.47. The molecule has 2 aromatic heterocycles. The zero-order valence-electron chi connectivity index (χ0n) is 10.5. The van der Waals surface area contributed by atoms with Gasteiger partial charge in [0.05, 0.1) is 6.54 Å². The fourth-order valence-corrected chi connectivity index (χ4v) is 1.76. The number of pyridine rings is 1. The Hall–Kier alpha value is -2.44. The van der Waals surface area contributed by atoms with Crippen LogP contribution in [0.1, 0.15) is 29.5 Å². The van der Waals surface area contributed by atoms with Gasteiger partial charge < -0.3 is 9.67 Å². The molecule has 0 amide bonds. The van der Waals surface area contributed by atoms with E-state index < -0.39 is 11.4 Å². The van der Waals surface area contributed by atoms with Gasteiger partial charge in [0.15, 0.2) is 5.43 Å².